The first-order valence-electron chi connectivity index (χ1n) is 19.3. The largest absolute Gasteiger partial charge is 0.480 e. The molecule has 0 aliphatic heterocycles. The molecule has 2 atom stereocenters. The van der Waals surface area contributed by atoms with Crippen LogP contribution < -0.4 is 11.1 Å². The topological polar surface area (TPSA) is 119 Å². The van der Waals surface area contributed by atoms with E-state index in [4.69, 9.17) is 10.5 Å². The molecule has 4 N–H and O–H groups in total. The number of carboxylic acids is 1. The monoisotopic (exact) mass is 661 g/mol. The molecule has 0 aromatic carbocycles. The Morgan fingerprint density at radius 3 is 1.83 bits per heavy atom. The second kappa shape index (κ2) is 34.9. The summed E-state index contributed by atoms with van der Waals surface area (Å²) in [7, 11) is 0. The summed E-state index contributed by atoms with van der Waals surface area (Å²) in [6.45, 7) is 4.85. The quantitative estimate of drug-likeness (QED) is 0.0359. The third-order valence-electron chi connectivity index (χ3n) is 8.41. The predicted molar refractivity (Wildman–Crippen MR) is 197 cm³/mol. The highest BCUT2D eigenvalue weighted by atomic mass is 16.5. The second-order valence-electron chi connectivity index (χ2n) is 13.0. The molecule has 7 heteroatoms. The first-order valence-corrected chi connectivity index (χ1v) is 19.3. The van der Waals surface area contributed by atoms with E-state index in [2.05, 4.69) is 49.5 Å². The average Bonchev–Trinajstić information content (AvgIpc) is 3.05. The van der Waals surface area contributed by atoms with Crippen molar-refractivity contribution in [3.8, 4) is 0 Å². The van der Waals surface area contributed by atoms with E-state index in [0.717, 1.165) is 64.2 Å². The lowest BCUT2D eigenvalue weighted by atomic mass is 10.1. The van der Waals surface area contributed by atoms with Gasteiger partial charge in [-0.1, -0.05) is 121 Å². The number of aliphatic carboxylic acids is 1. The van der Waals surface area contributed by atoms with Crippen molar-refractivity contribution >= 4 is 17.8 Å². The Hall–Kier alpha value is -2.41. The van der Waals surface area contributed by atoms with Gasteiger partial charge in [-0.25, -0.2) is 4.79 Å². The lowest BCUT2D eigenvalue weighted by Gasteiger charge is -2.15. The minimum absolute atomic E-state index is 0.116. The zero-order valence-electron chi connectivity index (χ0n) is 30.4. The van der Waals surface area contributed by atoms with Gasteiger partial charge in [0.1, 0.15) is 12.1 Å². The summed E-state index contributed by atoms with van der Waals surface area (Å²) in [5.74, 6) is -1.36. The van der Waals surface area contributed by atoms with Crippen LogP contribution in [0.1, 0.15) is 181 Å². The maximum absolute atomic E-state index is 12.6. The van der Waals surface area contributed by atoms with Gasteiger partial charge in [0.15, 0.2) is 0 Å². The van der Waals surface area contributed by atoms with Crippen LogP contribution in [0.2, 0.25) is 0 Å². The van der Waals surface area contributed by atoms with Gasteiger partial charge in [0.05, 0.1) is 0 Å². The number of rotatable bonds is 34. The van der Waals surface area contributed by atoms with Gasteiger partial charge < -0.3 is 20.9 Å². The number of carbonyl (C=O) groups excluding carboxylic acids is 2. The first kappa shape index (κ1) is 44.6. The summed E-state index contributed by atoms with van der Waals surface area (Å²) < 4.78 is 5.87. The van der Waals surface area contributed by atoms with Gasteiger partial charge in [0.2, 0.25) is 5.91 Å². The van der Waals surface area contributed by atoms with Crippen LogP contribution in [0.4, 0.5) is 0 Å². The fourth-order valence-electron chi connectivity index (χ4n) is 5.44. The molecule has 47 heavy (non-hydrogen) atoms. The van der Waals surface area contributed by atoms with E-state index in [9.17, 15) is 19.5 Å². The number of esters is 1. The molecule has 0 rings (SSSR count). The van der Waals surface area contributed by atoms with Crippen LogP contribution in [0.25, 0.3) is 0 Å². The highest BCUT2D eigenvalue weighted by molar-refractivity contribution is 5.83. The van der Waals surface area contributed by atoms with E-state index in [1.807, 2.05) is 6.08 Å². The van der Waals surface area contributed by atoms with Crippen LogP contribution in [0.3, 0.4) is 0 Å². The zero-order valence-corrected chi connectivity index (χ0v) is 30.4. The van der Waals surface area contributed by atoms with Crippen LogP contribution in [0.15, 0.2) is 36.5 Å². The number of nitrogens with one attached hydrogen (secondary N) is 1. The molecule has 0 aromatic heterocycles. The van der Waals surface area contributed by atoms with Crippen molar-refractivity contribution < 1.29 is 24.2 Å². The first-order chi connectivity index (χ1) is 22.9. The summed E-state index contributed by atoms with van der Waals surface area (Å²) in [4.78, 5) is 36.1. The lowest BCUT2D eigenvalue weighted by molar-refractivity contribution is -0.147. The molecular weight excluding hydrogens is 588 g/mol. The van der Waals surface area contributed by atoms with Crippen LogP contribution in [0, 0.1) is 0 Å². The van der Waals surface area contributed by atoms with E-state index >= 15 is 0 Å². The smallest absolute Gasteiger partial charge is 0.326 e. The number of carbonyl (C=O) groups is 3. The summed E-state index contributed by atoms with van der Waals surface area (Å²) in [5.41, 5.74) is 5.47. The Morgan fingerprint density at radius 2 is 1.19 bits per heavy atom. The molecule has 0 spiro atoms. The number of hydrogen-bond acceptors (Lipinski definition) is 5. The minimum atomic E-state index is -1.02. The van der Waals surface area contributed by atoms with Gasteiger partial charge in [0.25, 0.3) is 0 Å². The molecule has 7 nitrogen and oxygen atoms in total. The number of amides is 1. The number of nitrogens with two attached hydrogens (primary N) is 1. The molecule has 0 aliphatic carbocycles. The highest BCUT2D eigenvalue weighted by Crippen LogP contribution is 2.15. The van der Waals surface area contributed by atoms with Crippen LogP contribution in [0.5, 0.6) is 0 Å². The molecule has 0 fully saturated rings. The van der Waals surface area contributed by atoms with Gasteiger partial charge in [-0.15, -0.1) is 0 Å². The maximum atomic E-state index is 12.6. The molecule has 0 saturated carbocycles. The van der Waals surface area contributed by atoms with E-state index in [1.165, 1.54) is 70.6 Å². The molecule has 0 bridgehead atoms. The summed E-state index contributed by atoms with van der Waals surface area (Å²) in [5, 5.41) is 11.9. The lowest BCUT2D eigenvalue weighted by Crippen LogP contribution is -2.40. The van der Waals surface area contributed by atoms with E-state index in [0.29, 0.717) is 38.6 Å². The summed E-state index contributed by atoms with van der Waals surface area (Å²) >= 11 is 0. The Morgan fingerprint density at radius 1 is 0.638 bits per heavy atom. The van der Waals surface area contributed by atoms with Gasteiger partial charge in [-0.2, -0.15) is 0 Å². The minimum Gasteiger partial charge on any atom is -0.480 e. The third-order valence-corrected chi connectivity index (χ3v) is 8.41. The molecule has 272 valence electrons. The van der Waals surface area contributed by atoms with Crippen molar-refractivity contribution in [1.29, 1.82) is 0 Å². The molecule has 1 amide bonds. The number of allylic oxidation sites excluding steroid dienone is 5. The van der Waals surface area contributed by atoms with Crippen molar-refractivity contribution in [3.05, 3.63) is 36.5 Å². The van der Waals surface area contributed by atoms with Gasteiger partial charge >= 0.3 is 11.9 Å². The molecular formula is C40H72N2O5. The second-order valence-corrected chi connectivity index (χ2v) is 13.0. The molecule has 0 saturated heterocycles. The van der Waals surface area contributed by atoms with E-state index < -0.39 is 12.0 Å². The van der Waals surface area contributed by atoms with Gasteiger partial charge in [0, 0.05) is 12.8 Å². The average molecular weight is 661 g/mol. The fraction of sp³-hybridized carbons (Fsp3) is 0.775. The molecule has 0 aromatic rings. The standard InChI is InChI=1S/C40H72N2O5/c1-3-5-7-9-11-12-13-14-15-16-17-18-20-22-28-34-39(44)47-36(30-25-21-19-10-8-6-4-2)31-26-23-24-27-33-38(43)42-37(40(45)46)32-29-35-41/h10,14-15,19,25,30,36-37H,3-9,11-13,16-18,20-24,26-29,31-35,41H2,1-2H3,(H,42,43)(H,45,46)/b15-14-,19-10-,30-25-. The molecule has 0 radical (unpaired) electrons. The third kappa shape index (κ3) is 31.9. The number of carboxylic acid groups (broad SMARTS) is 1. The summed E-state index contributed by atoms with van der Waals surface area (Å²) in [6, 6.07) is -0.874. The SMILES string of the molecule is CCCC/C=C\C/C=C\C(CCCCCCC(=O)NC(CCCN)C(=O)O)OC(=O)CCCCCCC/C=C\CCCCCCCC. The summed E-state index contributed by atoms with van der Waals surface area (Å²) in [6.07, 6.45) is 39.2. The fourth-order valence-corrected chi connectivity index (χ4v) is 5.44. The number of unbranched alkanes of at least 4 members (excludes halogenated alkanes) is 16. The maximum Gasteiger partial charge on any atom is 0.326 e. The van der Waals surface area contributed by atoms with Gasteiger partial charge in [-0.3, -0.25) is 9.59 Å². The van der Waals surface area contributed by atoms with Crippen molar-refractivity contribution in [2.24, 2.45) is 5.73 Å². The van der Waals surface area contributed by atoms with E-state index in [-0.39, 0.29) is 18.0 Å². The molecule has 0 aliphatic rings. The number of hydrogen-bond donors (Lipinski definition) is 3. The number of ether oxygens (including phenoxy) is 1. The Kier molecular flexibility index (Phi) is 33.1. The zero-order chi connectivity index (χ0) is 34.6. The molecule has 0 heterocycles. The Bertz CT molecular complexity index is 838. The Labute approximate surface area is 288 Å². The highest BCUT2D eigenvalue weighted by Gasteiger charge is 2.19. The van der Waals surface area contributed by atoms with E-state index in [1.54, 1.807) is 0 Å². The Balaban J connectivity index is 4.30. The van der Waals surface area contributed by atoms with Gasteiger partial charge in [-0.05, 0) is 89.7 Å². The van der Waals surface area contributed by atoms with Crippen LogP contribution in [-0.4, -0.2) is 41.6 Å². The van der Waals surface area contributed by atoms with Crippen LogP contribution >= 0.6 is 0 Å². The van der Waals surface area contributed by atoms with Crippen molar-refractivity contribution in [2.75, 3.05) is 6.54 Å². The molecule has 2 unspecified atom stereocenters. The van der Waals surface area contributed by atoms with Crippen molar-refractivity contribution in [1.82, 2.24) is 5.32 Å². The van der Waals surface area contributed by atoms with Crippen molar-refractivity contribution in [3.63, 3.8) is 0 Å². The predicted octanol–water partition coefficient (Wildman–Crippen LogP) is 10.3. The van der Waals surface area contributed by atoms with Crippen molar-refractivity contribution in [2.45, 2.75) is 193 Å². The normalized spacial score (nSPS) is 13.1. The van der Waals surface area contributed by atoms with Crippen LogP contribution in [-0.2, 0) is 19.1 Å².